The van der Waals surface area contributed by atoms with Gasteiger partial charge in [-0.2, -0.15) is 15.2 Å². The number of nitrogens with zero attached hydrogens (tertiary/aromatic N) is 5. The van der Waals surface area contributed by atoms with Crippen molar-refractivity contribution in [3.63, 3.8) is 0 Å². The number of hydrogen-bond donors (Lipinski definition) is 2. The predicted molar refractivity (Wildman–Crippen MR) is 221 cm³/mol. The molecule has 0 unspecified atom stereocenters. The van der Waals surface area contributed by atoms with E-state index in [0.717, 1.165) is 22.3 Å². The van der Waals surface area contributed by atoms with Gasteiger partial charge in [-0.25, -0.2) is 4.39 Å². The third-order valence-corrected chi connectivity index (χ3v) is 12.5. The van der Waals surface area contributed by atoms with E-state index in [1.165, 1.54) is 11.0 Å². The van der Waals surface area contributed by atoms with Crippen LogP contribution in [0.1, 0.15) is 35.4 Å². The van der Waals surface area contributed by atoms with Gasteiger partial charge in [0.25, 0.3) is 11.8 Å². The molecular weight excluding hydrogens is 748 g/mol. The summed E-state index contributed by atoms with van der Waals surface area (Å²) in [4.78, 5) is 62.3. The Labute approximate surface area is 340 Å². The van der Waals surface area contributed by atoms with Crippen LogP contribution in [0, 0.1) is 36.4 Å². The zero-order valence-electron chi connectivity index (χ0n) is 32.6. The molecule has 0 aromatic heterocycles. The Balaban J connectivity index is 1.10. The van der Waals surface area contributed by atoms with Gasteiger partial charge in [0, 0.05) is 31.3 Å². The SMILES string of the molecule is Cc1ccc(NN2C(=O)[C@@H]3C[C@@H]4C(=CC[C@@H]5C(=O)N(c6ccc(N=Nc7ccc(N(C)C)cc7)cc6)C(=O)[C@@H]54)[C@H](c4cccc(F)c4O)[C@]3(c3ccccc3)C2=O)cc1. The molecule has 5 aromatic rings. The molecule has 2 saturated heterocycles. The van der Waals surface area contributed by atoms with Gasteiger partial charge in [-0.05, 0) is 98.0 Å². The van der Waals surface area contributed by atoms with Gasteiger partial charge in [0.1, 0.15) is 0 Å². The van der Waals surface area contributed by atoms with Gasteiger partial charge in [0.2, 0.25) is 11.8 Å². The summed E-state index contributed by atoms with van der Waals surface area (Å²) in [6.07, 6.45) is 2.11. The summed E-state index contributed by atoms with van der Waals surface area (Å²) in [7, 11) is 3.91. The highest BCUT2D eigenvalue weighted by Crippen LogP contribution is 2.65. The molecule has 2 N–H and O–H groups in total. The van der Waals surface area contributed by atoms with E-state index in [2.05, 4.69) is 15.7 Å². The number of rotatable bonds is 8. The van der Waals surface area contributed by atoms with Crippen molar-refractivity contribution in [1.82, 2.24) is 5.01 Å². The predicted octanol–water partition coefficient (Wildman–Crippen LogP) is 8.51. The summed E-state index contributed by atoms with van der Waals surface area (Å²) in [5.74, 6) is -7.81. The minimum atomic E-state index is -1.64. The number of nitrogens with one attached hydrogen (secondary N) is 1. The highest BCUT2D eigenvalue weighted by molar-refractivity contribution is 6.22. The summed E-state index contributed by atoms with van der Waals surface area (Å²) in [5.41, 5.74) is 6.77. The zero-order chi connectivity index (χ0) is 41.2. The molecule has 6 atom stereocenters. The molecule has 2 aliphatic carbocycles. The first-order chi connectivity index (χ1) is 28.5. The molecule has 9 rings (SSSR count). The Morgan fingerprint density at radius 1 is 0.763 bits per heavy atom. The topological polar surface area (TPSA) is 135 Å². The van der Waals surface area contributed by atoms with E-state index in [-0.39, 0.29) is 24.3 Å². The summed E-state index contributed by atoms with van der Waals surface area (Å²) in [6, 6.07) is 34.7. The number of phenols is 1. The number of amides is 4. The lowest BCUT2D eigenvalue weighted by Crippen LogP contribution is -2.53. The van der Waals surface area contributed by atoms with Crippen LogP contribution in [0.3, 0.4) is 0 Å². The maximum atomic E-state index is 15.4. The van der Waals surface area contributed by atoms with Crippen LogP contribution < -0.4 is 15.2 Å². The number of allylic oxidation sites excluding steroid dienone is 2. The third-order valence-electron chi connectivity index (χ3n) is 12.5. The monoisotopic (exact) mass is 788 g/mol. The standard InChI is InChI=1S/C47H41FN6O5/c1-27-12-14-31(15-13-27)51-54-44(57)38-26-37-34(41(36-10-7-11-39(48)42(36)55)47(38,46(54)59)28-8-5-4-6-9-28)24-25-35-40(37)45(58)53(43(35)56)33-22-18-30(19-23-33)50-49-29-16-20-32(21-17-29)52(2)3/h4-24,35,37-38,40-41,51,55H,25-26H2,1-3H3/t35-,37+,38-,40-,41+,47+/m0/s1. The molecule has 4 amide bonds. The largest absolute Gasteiger partial charge is 0.505 e. The van der Waals surface area contributed by atoms with Crippen LogP contribution in [0.4, 0.5) is 32.8 Å². The molecule has 12 heteroatoms. The van der Waals surface area contributed by atoms with Crippen LogP contribution in [0.5, 0.6) is 5.75 Å². The van der Waals surface area contributed by atoms with Gasteiger partial charge in [-0.1, -0.05) is 71.8 Å². The first-order valence-electron chi connectivity index (χ1n) is 19.6. The number of imide groups is 2. The van der Waals surface area contributed by atoms with Gasteiger partial charge in [0.15, 0.2) is 11.6 Å². The molecule has 3 fully saturated rings. The Kier molecular flexibility index (Phi) is 9.22. The van der Waals surface area contributed by atoms with Crippen LogP contribution in [-0.2, 0) is 24.6 Å². The van der Waals surface area contributed by atoms with Crippen LogP contribution in [0.25, 0.3) is 0 Å². The van der Waals surface area contributed by atoms with E-state index in [9.17, 15) is 19.5 Å². The van der Waals surface area contributed by atoms with E-state index in [4.69, 9.17) is 0 Å². The number of aryl methyl sites for hydroxylation is 1. The van der Waals surface area contributed by atoms with Crippen LogP contribution >= 0.6 is 0 Å². The lowest BCUT2D eigenvalue weighted by Gasteiger charge is -2.50. The molecule has 1 saturated carbocycles. The second-order valence-electron chi connectivity index (χ2n) is 15.9. The average Bonchev–Trinajstić information content (AvgIpc) is 3.63. The summed E-state index contributed by atoms with van der Waals surface area (Å²) >= 11 is 0. The molecular formula is C47H41FN6O5. The molecule has 2 heterocycles. The molecule has 0 spiro atoms. The van der Waals surface area contributed by atoms with Crippen molar-refractivity contribution in [2.24, 2.45) is 33.9 Å². The molecule has 0 bridgehead atoms. The Morgan fingerprint density at radius 3 is 2.08 bits per heavy atom. The molecule has 296 valence electrons. The van der Waals surface area contributed by atoms with E-state index >= 15 is 9.18 Å². The second-order valence-corrected chi connectivity index (χ2v) is 15.9. The highest BCUT2D eigenvalue weighted by atomic mass is 19.1. The maximum absolute atomic E-state index is 15.4. The first kappa shape index (κ1) is 37.6. The fourth-order valence-electron chi connectivity index (χ4n) is 9.71. The molecule has 0 radical (unpaired) electrons. The van der Waals surface area contributed by atoms with E-state index in [1.54, 1.807) is 72.8 Å². The summed E-state index contributed by atoms with van der Waals surface area (Å²) in [6.45, 7) is 1.93. The summed E-state index contributed by atoms with van der Waals surface area (Å²) in [5, 5.41) is 21.2. The van der Waals surface area contributed by atoms with Gasteiger partial charge in [0.05, 0.1) is 45.9 Å². The number of azo groups is 1. The maximum Gasteiger partial charge on any atom is 0.260 e. The number of anilines is 3. The van der Waals surface area contributed by atoms with Gasteiger partial charge >= 0.3 is 0 Å². The molecule has 4 aliphatic rings. The number of carbonyl (C=O) groups excluding carboxylic acids is 4. The number of para-hydroxylation sites is 1. The second kappa shape index (κ2) is 14.5. The third kappa shape index (κ3) is 6.00. The van der Waals surface area contributed by atoms with Crippen molar-refractivity contribution in [3.05, 3.63) is 155 Å². The smallest absolute Gasteiger partial charge is 0.260 e. The quantitative estimate of drug-likeness (QED) is 0.0915. The number of fused-ring (bicyclic) bond motifs is 4. The Morgan fingerprint density at radius 2 is 1.42 bits per heavy atom. The van der Waals surface area contributed by atoms with Crippen LogP contribution in [0.15, 0.2) is 143 Å². The lowest BCUT2D eigenvalue weighted by atomic mass is 9.49. The van der Waals surface area contributed by atoms with Crippen molar-refractivity contribution < 1.29 is 28.7 Å². The van der Waals surface area contributed by atoms with Crippen molar-refractivity contribution in [2.75, 3.05) is 29.3 Å². The number of halogens is 1. The fraction of sp³-hybridized carbons (Fsp3) is 0.234. The summed E-state index contributed by atoms with van der Waals surface area (Å²) < 4.78 is 15.4. The molecule has 59 heavy (non-hydrogen) atoms. The van der Waals surface area contributed by atoms with Crippen LogP contribution in [0.2, 0.25) is 0 Å². The van der Waals surface area contributed by atoms with E-state index < -0.39 is 64.3 Å². The van der Waals surface area contributed by atoms with Gasteiger partial charge in [-0.3, -0.25) is 29.5 Å². The van der Waals surface area contributed by atoms with E-state index in [1.807, 2.05) is 68.4 Å². The lowest BCUT2D eigenvalue weighted by molar-refractivity contribution is -0.138. The van der Waals surface area contributed by atoms with Gasteiger partial charge in [-0.15, -0.1) is 0 Å². The van der Waals surface area contributed by atoms with Crippen molar-refractivity contribution >= 4 is 52.1 Å². The number of phenolic OH excluding ortho intramolecular Hbond substituents is 1. The number of aromatic hydroxyl groups is 1. The van der Waals surface area contributed by atoms with Crippen molar-refractivity contribution in [2.45, 2.75) is 31.1 Å². The van der Waals surface area contributed by atoms with Gasteiger partial charge < -0.3 is 10.0 Å². The van der Waals surface area contributed by atoms with E-state index in [0.29, 0.717) is 33.9 Å². The minimum absolute atomic E-state index is 0.0623. The minimum Gasteiger partial charge on any atom is -0.505 e. The number of carbonyl (C=O) groups is 4. The Bertz CT molecular complexity index is 2560. The number of hydrogen-bond acceptors (Lipinski definition) is 9. The molecule has 2 aliphatic heterocycles. The highest BCUT2D eigenvalue weighted by Gasteiger charge is 2.70. The van der Waals surface area contributed by atoms with Crippen LogP contribution in [-0.4, -0.2) is 47.8 Å². The Hall–Kier alpha value is -6.95. The fourth-order valence-corrected chi connectivity index (χ4v) is 9.71. The average molecular weight is 789 g/mol. The number of hydrazine groups is 1. The van der Waals surface area contributed by atoms with Crippen molar-refractivity contribution in [1.29, 1.82) is 0 Å². The molecule has 5 aromatic carbocycles. The first-order valence-corrected chi connectivity index (χ1v) is 19.6. The normalized spacial score (nSPS) is 24.9. The van der Waals surface area contributed by atoms with Crippen molar-refractivity contribution in [3.8, 4) is 5.75 Å². The number of benzene rings is 5. The zero-order valence-corrected chi connectivity index (χ0v) is 32.6. The molecule has 11 nitrogen and oxygen atoms in total.